The quantitative estimate of drug-likeness (QED) is 0.548. The lowest BCUT2D eigenvalue weighted by molar-refractivity contribution is 0.687. The maximum Gasteiger partial charge on any atom is 0.0637 e. The molecule has 0 aliphatic carbocycles. The maximum absolute atomic E-state index is 4.30. The van der Waals surface area contributed by atoms with Crippen LogP contribution in [0.2, 0.25) is 0 Å². The molecule has 0 spiro atoms. The van der Waals surface area contributed by atoms with Gasteiger partial charge >= 0.3 is 0 Å². The normalized spacial score (nSPS) is 10.4. The van der Waals surface area contributed by atoms with Gasteiger partial charge in [0.15, 0.2) is 0 Å². The topological polar surface area (TPSA) is 29.9 Å². The van der Waals surface area contributed by atoms with Crippen LogP contribution in [0.3, 0.4) is 0 Å². The molecule has 0 amide bonds. The van der Waals surface area contributed by atoms with E-state index in [-0.39, 0.29) is 0 Å². The summed E-state index contributed by atoms with van der Waals surface area (Å²) in [6, 6.07) is 2.05. The molecule has 3 nitrogen and oxygen atoms in total. The molecule has 0 saturated carbocycles. The Morgan fingerprint density at radius 1 is 1.64 bits per heavy atom. The minimum atomic E-state index is 0.920. The molecule has 0 aliphatic rings. The third-order valence-corrected chi connectivity index (χ3v) is 2.20. The fourth-order valence-corrected chi connectivity index (χ4v) is 1.20. The zero-order chi connectivity index (χ0) is 10.4. The van der Waals surface area contributed by atoms with Gasteiger partial charge in [-0.1, -0.05) is 19.1 Å². The van der Waals surface area contributed by atoms with Gasteiger partial charge in [-0.3, -0.25) is 4.68 Å². The van der Waals surface area contributed by atoms with Gasteiger partial charge in [-0.05, 0) is 12.5 Å². The van der Waals surface area contributed by atoms with E-state index in [9.17, 15) is 0 Å². The van der Waals surface area contributed by atoms with Gasteiger partial charge in [0.25, 0.3) is 0 Å². The average molecular weight is 193 g/mol. The number of nitrogens with zero attached hydrogens (tertiary/aromatic N) is 2. The SMILES string of the molecule is C=C(CC)CNCCc1ccn(C)n1. The molecule has 1 heterocycles. The molecule has 0 aromatic carbocycles. The lowest BCUT2D eigenvalue weighted by Crippen LogP contribution is -2.19. The van der Waals surface area contributed by atoms with E-state index in [0.717, 1.165) is 31.6 Å². The van der Waals surface area contributed by atoms with Crippen molar-refractivity contribution in [2.24, 2.45) is 7.05 Å². The average Bonchev–Trinajstić information content (AvgIpc) is 2.58. The van der Waals surface area contributed by atoms with Crippen molar-refractivity contribution in [1.29, 1.82) is 0 Å². The van der Waals surface area contributed by atoms with Crippen molar-refractivity contribution in [3.8, 4) is 0 Å². The minimum absolute atomic E-state index is 0.920. The molecule has 78 valence electrons. The second-order valence-corrected chi connectivity index (χ2v) is 3.51. The van der Waals surface area contributed by atoms with Crippen LogP contribution in [0.1, 0.15) is 19.0 Å². The molecule has 14 heavy (non-hydrogen) atoms. The van der Waals surface area contributed by atoms with Crippen molar-refractivity contribution in [2.45, 2.75) is 19.8 Å². The molecule has 0 radical (unpaired) electrons. The molecule has 1 aromatic heterocycles. The van der Waals surface area contributed by atoms with Crippen molar-refractivity contribution in [3.05, 3.63) is 30.1 Å². The van der Waals surface area contributed by atoms with Gasteiger partial charge < -0.3 is 5.32 Å². The largest absolute Gasteiger partial charge is 0.313 e. The molecule has 0 bridgehead atoms. The van der Waals surface area contributed by atoms with E-state index in [0.29, 0.717) is 0 Å². The van der Waals surface area contributed by atoms with Gasteiger partial charge in [0.2, 0.25) is 0 Å². The number of nitrogens with one attached hydrogen (secondary N) is 1. The highest BCUT2D eigenvalue weighted by molar-refractivity contribution is 5.00. The van der Waals surface area contributed by atoms with Gasteiger partial charge in [-0.25, -0.2) is 0 Å². The Hall–Kier alpha value is -1.09. The first-order valence-electron chi connectivity index (χ1n) is 5.08. The second kappa shape index (κ2) is 5.60. The molecule has 1 N–H and O–H groups in total. The minimum Gasteiger partial charge on any atom is -0.313 e. The molecule has 0 saturated heterocycles. The van der Waals surface area contributed by atoms with Crippen LogP contribution in [0.15, 0.2) is 24.4 Å². The van der Waals surface area contributed by atoms with Crippen molar-refractivity contribution >= 4 is 0 Å². The number of hydrogen-bond acceptors (Lipinski definition) is 2. The predicted octanol–water partition coefficient (Wildman–Crippen LogP) is 1.52. The zero-order valence-corrected chi connectivity index (χ0v) is 9.08. The molecule has 0 unspecified atom stereocenters. The van der Waals surface area contributed by atoms with E-state index in [1.807, 2.05) is 17.9 Å². The number of aryl methyl sites for hydroxylation is 1. The van der Waals surface area contributed by atoms with Gasteiger partial charge in [-0.2, -0.15) is 5.10 Å². The highest BCUT2D eigenvalue weighted by Gasteiger charge is 1.96. The predicted molar refractivity (Wildman–Crippen MR) is 59.2 cm³/mol. The van der Waals surface area contributed by atoms with Crippen molar-refractivity contribution in [1.82, 2.24) is 15.1 Å². The maximum atomic E-state index is 4.30. The van der Waals surface area contributed by atoms with Crippen LogP contribution in [0.5, 0.6) is 0 Å². The fourth-order valence-electron chi connectivity index (χ4n) is 1.20. The molecule has 3 heteroatoms. The summed E-state index contributed by atoms with van der Waals surface area (Å²) in [6.07, 6.45) is 4.01. The third-order valence-electron chi connectivity index (χ3n) is 2.20. The number of rotatable bonds is 6. The molecular formula is C11H19N3. The van der Waals surface area contributed by atoms with E-state index < -0.39 is 0 Å². The Labute approximate surface area is 85.8 Å². The molecule has 0 aliphatic heterocycles. The second-order valence-electron chi connectivity index (χ2n) is 3.51. The summed E-state index contributed by atoms with van der Waals surface area (Å²) in [5.41, 5.74) is 2.40. The monoisotopic (exact) mass is 193 g/mol. The van der Waals surface area contributed by atoms with E-state index in [1.54, 1.807) is 0 Å². The summed E-state index contributed by atoms with van der Waals surface area (Å²) in [7, 11) is 1.94. The van der Waals surface area contributed by atoms with E-state index in [1.165, 1.54) is 5.57 Å². The van der Waals surface area contributed by atoms with Gasteiger partial charge in [-0.15, -0.1) is 0 Å². The first-order chi connectivity index (χ1) is 6.72. The Kier molecular flexibility index (Phi) is 4.40. The lowest BCUT2D eigenvalue weighted by atomic mass is 10.2. The summed E-state index contributed by atoms with van der Waals surface area (Å²) in [6.45, 7) is 7.96. The van der Waals surface area contributed by atoms with Crippen LogP contribution in [-0.2, 0) is 13.5 Å². The summed E-state index contributed by atoms with van der Waals surface area (Å²) in [5, 5.41) is 7.65. The Balaban J connectivity index is 2.13. The van der Waals surface area contributed by atoms with E-state index in [4.69, 9.17) is 0 Å². The van der Waals surface area contributed by atoms with Gasteiger partial charge in [0.05, 0.1) is 5.69 Å². The highest BCUT2D eigenvalue weighted by Crippen LogP contribution is 1.95. The van der Waals surface area contributed by atoms with Gasteiger partial charge in [0.1, 0.15) is 0 Å². The first-order valence-corrected chi connectivity index (χ1v) is 5.08. The molecule has 0 fully saturated rings. The smallest absolute Gasteiger partial charge is 0.0637 e. The molecule has 0 atom stereocenters. The van der Waals surface area contributed by atoms with Gasteiger partial charge in [0, 0.05) is 32.8 Å². The fraction of sp³-hybridized carbons (Fsp3) is 0.545. The van der Waals surface area contributed by atoms with Crippen LogP contribution < -0.4 is 5.32 Å². The molecule has 1 rings (SSSR count). The number of aromatic nitrogens is 2. The highest BCUT2D eigenvalue weighted by atomic mass is 15.2. The zero-order valence-electron chi connectivity index (χ0n) is 9.08. The van der Waals surface area contributed by atoms with Crippen molar-refractivity contribution < 1.29 is 0 Å². The standard InChI is InChI=1S/C11H19N3/c1-4-10(2)9-12-7-5-11-6-8-14(3)13-11/h6,8,12H,2,4-5,7,9H2,1,3H3. The first kappa shape index (κ1) is 11.0. The Bertz CT molecular complexity index is 288. The lowest BCUT2D eigenvalue weighted by Gasteiger charge is -2.03. The van der Waals surface area contributed by atoms with Crippen molar-refractivity contribution in [2.75, 3.05) is 13.1 Å². The van der Waals surface area contributed by atoms with Crippen LogP contribution >= 0.6 is 0 Å². The summed E-state index contributed by atoms with van der Waals surface area (Å²) < 4.78 is 1.83. The van der Waals surface area contributed by atoms with Crippen LogP contribution in [0.4, 0.5) is 0 Å². The van der Waals surface area contributed by atoms with Crippen LogP contribution in [0.25, 0.3) is 0 Å². The Morgan fingerprint density at radius 3 is 3.00 bits per heavy atom. The molecular weight excluding hydrogens is 174 g/mol. The van der Waals surface area contributed by atoms with Crippen LogP contribution in [0, 0.1) is 0 Å². The van der Waals surface area contributed by atoms with E-state index in [2.05, 4.69) is 30.0 Å². The Morgan fingerprint density at radius 2 is 2.43 bits per heavy atom. The number of hydrogen-bond donors (Lipinski definition) is 1. The van der Waals surface area contributed by atoms with Crippen LogP contribution in [-0.4, -0.2) is 22.9 Å². The van der Waals surface area contributed by atoms with Crippen molar-refractivity contribution in [3.63, 3.8) is 0 Å². The summed E-state index contributed by atoms with van der Waals surface area (Å²) in [4.78, 5) is 0. The van der Waals surface area contributed by atoms with E-state index >= 15 is 0 Å². The summed E-state index contributed by atoms with van der Waals surface area (Å²) in [5.74, 6) is 0. The third kappa shape index (κ3) is 3.75. The summed E-state index contributed by atoms with van der Waals surface area (Å²) >= 11 is 0. The molecule has 1 aromatic rings.